The van der Waals surface area contributed by atoms with Crippen LogP contribution in [0.4, 0.5) is 0 Å². The second-order valence-electron chi connectivity index (χ2n) is 7.43. The summed E-state index contributed by atoms with van der Waals surface area (Å²) in [4.78, 5) is 15.4. The second-order valence-corrected chi connectivity index (χ2v) is 7.43. The fourth-order valence-electron chi connectivity index (χ4n) is 4.40. The smallest absolute Gasteiger partial charge is 0.180 e. The average molecular weight is 301 g/mol. The lowest BCUT2D eigenvalue weighted by atomic mass is 9.58. The van der Waals surface area contributed by atoms with E-state index in [1.54, 1.807) is 6.07 Å². The lowest BCUT2D eigenvalue weighted by molar-refractivity contribution is 0.0265. The van der Waals surface area contributed by atoms with Gasteiger partial charge in [0.25, 0.3) is 0 Å². The zero-order chi connectivity index (χ0) is 14.8. The fraction of sp³-hybridized carbons (Fsp3) is 0.632. The Balaban J connectivity index is 0.00000144. The van der Waals surface area contributed by atoms with Crippen molar-refractivity contribution in [3.05, 3.63) is 29.3 Å². The summed E-state index contributed by atoms with van der Waals surface area (Å²) < 4.78 is 0. The second kappa shape index (κ2) is 5.09. The number of benzene rings is 1. The summed E-state index contributed by atoms with van der Waals surface area (Å²) in [7, 11) is 0. The lowest BCUT2D eigenvalue weighted by Gasteiger charge is -2.53. The standard InChI is InChI=1S/C18H23NO2.CH4/c1-11-16-17(21)14-6-5-13(20)9-15(14)18(11,2)7-8-19(16)10-12-3-4-12;/h5-6,9,11-12,16,20H,3-4,7-8,10H2,1-2H3;1H4/t11-,16?,18+;/m0./s1. The number of carbonyl (C=O) groups excluding carboxylic acids is 1. The van der Waals surface area contributed by atoms with Gasteiger partial charge in [-0.1, -0.05) is 21.3 Å². The Morgan fingerprint density at radius 2 is 2.09 bits per heavy atom. The molecule has 3 heteroatoms. The predicted octanol–water partition coefficient (Wildman–Crippen LogP) is 3.60. The van der Waals surface area contributed by atoms with Crippen molar-refractivity contribution in [3.63, 3.8) is 0 Å². The van der Waals surface area contributed by atoms with Gasteiger partial charge in [0.05, 0.1) is 6.04 Å². The van der Waals surface area contributed by atoms with E-state index in [4.69, 9.17) is 0 Å². The van der Waals surface area contributed by atoms with Crippen molar-refractivity contribution in [2.45, 2.75) is 52.0 Å². The average Bonchev–Trinajstić information content (AvgIpc) is 3.25. The molecule has 2 fully saturated rings. The normalized spacial score (nSPS) is 34.0. The number of carbonyl (C=O) groups is 1. The first-order chi connectivity index (χ1) is 10.0. The van der Waals surface area contributed by atoms with Crippen molar-refractivity contribution < 1.29 is 9.90 Å². The van der Waals surface area contributed by atoms with E-state index in [1.807, 2.05) is 12.1 Å². The first kappa shape index (κ1) is 15.5. The van der Waals surface area contributed by atoms with Gasteiger partial charge in [0.15, 0.2) is 5.78 Å². The Morgan fingerprint density at radius 3 is 2.77 bits per heavy atom. The fourth-order valence-corrected chi connectivity index (χ4v) is 4.40. The van der Waals surface area contributed by atoms with E-state index in [9.17, 15) is 9.90 Å². The molecule has 120 valence electrons. The Morgan fingerprint density at radius 1 is 1.36 bits per heavy atom. The van der Waals surface area contributed by atoms with Gasteiger partial charge in [-0.15, -0.1) is 0 Å². The molecule has 1 aliphatic heterocycles. The number of Topliss-reactive ketones (excluding diaryl/α,β-unsaturated/α-hetero) is 1. The van der Waals surface area contributed by atoms with Gasteiger partial charge in [0, 0.05) is 12.1 Å². The highest BCUT2D eigenvalue weighted by Crippen LogP contribution is 2.49. The third-order valence-corrected chi connectivity index (χ3v) is 6.13. The molecule has 1 unspecified atom stereocenters. The number of phenols is 1. The van der Waals surface area contributed by atoms with Crippen LogP contribution in [-0.4, -0.2) is 34.9 Å². The number of hydrogen-bond acceptors (Lipinski definition) is 3. The third kappa shape index (κ3) is 2.10. The molecular weight excluding hydrogens is 274 g/mol. The molecule has 0 radical (unpaired) electrons. The van der Waals surface area contributed by atoms with Crippen LogP contribution in [0.2, 0.25) is 0 Å². The molecule has 1 aromatic carbocycles. The lowest BCUT2D eigenvalue weighted by Crippen LogP contribution is -2.61. The molecule has 2 bridgehead atoms. The predicted molar refractivity (Wildman–Crippen MR) is 88.4 cm³/mol. The van der Waals surface area contributed by atoms with Crippen LogP contribution < -0.4 is 0 Å². The Labute approximate surface area is 133 Å². The van der Waals surface area contributed by atoms with Crippen molar-refractivity contribution in [1.29, 1.82) is 0 Å². The first-order valence-corrected chi connectivity index (χ1v) is 8.12. The van der Waals surface area contributed by atoms with Crippen molar-refractivity contribution in [2.75, 3.05) is 13.1 Å². The summed E-state index contributed by atoms with van der Waals surface area (Å²) in [5.41, 5.74) is 1.90. The first-order valence-electron chi connectivity index (χ1n) is 8.12. The highest BCUT2D eigenvalue weighted by molar-refractivity contribution is 6.03. The zero-order valence-electron chi connectivity index (χ0n) is 12.8. The number of phenolic OH excluding ortho intramolecular Hbond substituents is 1. The van der Waals surface area contributed by atoms with E-state index in [0.29, 0.717) is 5.92 Å². The minimum Gasteiger partial charge on any atom is -0.508 e. The quantitative estimate of drug-likeness (QED) is 0.907. The molecule has 0 amide bonds. The Bertz CT molecular complexity index is 607. The maximum Gasteiger partial charge on any atom is 0.180 e. The number of nitrogens with zero attached hydrogens (tertiary/aromatic N) is 1. The van der Waals surface area contributed by atoms with Gasteiger partial charge in [0.1, 0.15) is 5.75 Å². The van der Waals surface area contributed by atoms with Crippen molar-refractivity contribution in [1.82, 2.24) is 4.90 Å². The maximum atomic E-state index is 13.0. The van der Waals surface area contributed by atoms with Crippen LogP contribution in [0.25, 0.3) is 0 Å². The van der Waals surface area contributed by atoms with Gasteiger partial charge < -0.3 is 5.11 Å². The number of rotatable bonds is 2. The molecular formula is C19H27NO2. The van der Waals surface area contributed by atoms with Gasteiger partial charge in [-0.05, 0) is 66.8 Å². The maximum absolute atomic E-state index is 13.0. The summed E-state index contributed by atoms with van der Waals surface area (Å²) in [6.45, 7) is 6.57. The topological polar surface area (TPSA) is 40.5 Å². The Hall–Kier alpha value is -1.35. The van der Waals surface area contributed by atoms with Gasteiger partial charge >= 0.3 is 0 Å². The van der Waals surface area contributed by atoms with Gasteiger partial charge in [-0.2, -0.15) is 0 Å². The molecule has 1 saturated heterocycles. The molecule has 1 aromatic rings. The van der Waals surface area contributed by atoms with Crippen molar-refractivity contribution in [3.8, 4) is 5.75 Å². The molecule has 1 saturated carbocycles. The van der Waals surface area contributed by atoms with Gasteiger partial charge in [-0.25, -0.2) is 0 Å². The van der Waals surface area contributed by atoms with Crippen LogP contribution in [0.1, 0.15) is 56.5 Å². The van der Waals surface area contributed by atoms with Gasteiger partial charge in [0.2, 0.25) is 0 Å². The molecule has 3 aliphatic rings. The van der Waals surface area contributed by atoms with Crippen LogP contribution in [0.3, 0.4) is 0 Å². The van der Waals surface area contributed by atoms with Crippen molar-refractivity contribution in [2.24, 2.45) is 11.8 Å². The van der Waals surface area contributed by atoms with E-state index in [1.165, 1.54) is 12.8 Å². The van der Waals surface area contributed by atoms with Crippen LogP contribution >= 0.6 is 0 Å². The molecule has 4 rings (SSSR count). The molecule has 22 heavy (non-hydrogen) atoms. The number of aromatic hydroxyl groups is 1. The van der Waals surface area contributed by atoms with Crippen LogP contribution in [-0.2, 0) is 5.41 Å². The van der Waals surface area contributed by atoms with Crippen LogP contribution in [0.5, 0.6) is 5.75 Å². The minimum absolute atomic E-state index is 0. The van der Waals surface area contributed by atoms with E-state index in [2.05, 4.69) is 18.7 Å². The van der Waals surface area contributed by atoms with E-state index < -0.39 is 0 Å². The number of hydrogen-bond donors (Lipinski definition) is 1. The number of likely N-dealkylation sites (tertiary alicyclic amines) is 1. The molecule has 1 N–H and O–H groups in total. The van der Waals surface area contributed by atoms with Gasteiger partial charge in [-0.3, -0.25) is 9.69 Å². The highest BCUT2D eigenvalue weighted by Gasteiger charge is 2.52. The Kier molecular flexibility index (Phi) is 3.59. The van der Waals surface area contributed by atoms with E-state index in [-0.39, 0.29) is 30.4 Å². The summed E-state index contributed by atoms with van der Waals surface area (Å²) >= 11 is 0. The van der Waals surface area contributed by atoms with E-state index in [0.717, 1.165) is 36.6 Å². The molecule has 3 nitrogen and oxygen atoms in total. The monoisotopic (exact) mass is 301 g/mol. The minimum atomic E-state index is 0. The van der Waals surface area contributed by atoms with Crippen LogP contribution in [0.15, 0.2) is 18.2 Å². The third-order valence-electron chi connectivity index (χ3n) is 6.13. The summed E-state index contributed by atoms with van der Waals surface area (Å²) in [5, 5.41) is 9.83. The molecule has 3 atom stereocenters. The number of ketones is 1. The molecule has 0 spiro atoms. The van der Waals surface area contributed by atoms with Crippen molar-refractivity contribution >= 4 is 5.78 Å². The SMILES string of the molecule is C.C[C@H]1C2C(=O)c3ccc(O)cc3[C@]1(C)CCN2CC1CC1. The number of fused-ring (bicyclic) bond motifs is 4. The summed E-state index contributed by atoms with van der Waals surface area (Å²) in [5.74, 6) is 1.66. The number of piperidine rings is 1. The molecule has 0 aromatic heterocycles. The summed E-state index contributed by atoms with van der Waals surface area (Å²) in [6.07, 6.45) is 3.72. The zero-order valence-corrected chi connectivity index (χ0v) is 12.8. The molecule has 1 heterocycles. The highest BCUT2D eigenvalue weighted by atomic mass is 16.3. The largest absolute Gasteiger partial charge is 0.508 e. The summed E-state index contributed by atoms with van der Waals surface area (Å²) in [6, 6.07) is 5.32. The molecule has 2 aliphatic carbocycles. The van der Waals surface area contributed by atoms with Crippen LogP contribution in [0, 0.1) is 11.8 Å². The van der Waals surface area contributed by atoms with E-state index >= 15 is 0 Å².